The van der Waals surface area contributed by atoms with E-state index in [-0.39, 0.29) is 23.9 Å². The molecule has 1 aromatic rings. The van der Waals surface area contributed by atoms with Gasteiger partial charge in [-0.3, -0.25) is 4.79 Å². The van der Waals surface area contributed by atoms with Crippen LogP contribution in [0.1, 0.15) is 12.0 Å². The lowest BCUT2D eigenvalue weighted by Gasteiger charge is -2.01. The first-order valence-electron chi connectivity index (χ1n) is 4.39. The molecule has 0 spiro atoms. The van der Waals surface area contributed by atoms with Crippen molar-refractivity contribution in [2.75, 3.05) is 7.11 Å². The lowest BCUT2D eigenvalue weighted by Crippen LogP contribution is -1.96. The first kappa shape index (κ1) is 11.1. The van der Waals surface area contributed by atoms with Gasteiger partial charge in [0.1, 0.15) is 11.5 Å². The summed E-state index contributed by atoms with van der Waals surface area (Å²) in [5.74, 6) is -0.437. The number of carbonyl (C=O) groups is 1. The van der Waals surface area contributed by atoms with Gasteiger partial charge >= 0.3 is 5.97 Å². The van der Waals surface area contributed by atoms with Crippen molar-refractivity contribution in [2.24, 2.45) is 0 Å². The van der Waals surface area contributed by atoms with Gasteiger partial charge in [0.2, 0.25) is 0 Å². The Kier molecular flexibility index (Phi) is 3.74. The Morgan fingerprint density at radius 1 is 1.40 bits per heavy atom. The number of hydrogen-bond acceptors (Lipinski definition) is 4. The van der Waals surface area contributed by atoms with Crippen molar-refractivity contribution in [1.82, 2.24) is 0 Å². The fraction of sp³-hybridized carbons (Fsp3) is 0.182. The van der Waals surface area contributed by atoms with E-state index in [0.717, 1.165) is 0 Å². The molecule has 0 unspecified atom stereocenters. The monoisotopic (exact) mass is 208 g/mol. The van der Waals surface area contributed by atoms with Gasteiger partial charge in [-0.05, 0) is 12.1 Å². The molecule has 1 rings (SSSR count). The van der Waals surface area contributed by atoms with E-state index in [0.29, 0.717) is 5.56 Å². The molecule has 4 nitrogen and oxygen atoms in total. The Labute approximate surface area is 87.4 Å². The van der Waals surface area contributed by atoms with Crippen LogP contribution in [0.15, 0.2) is 24.3 Å². The van der Waals surface area contributed by atoms with Crippen molar-refractivity contribution < 1.29 is 19.7 Å². The van der Waals surface area contributed by atoms with Crippen molar-refractivity contribution in [3.63, 3.8) is 0 Å². The largest absolute Gasteiger partial charge is 0.507 e. The van der Waals surface area contributed by atoms with E-state index >= 15 is 0 Å². The number of esters is 1. The average Bonchev–Trinajstić information content (AvgIpc) is 2.22. The van der Waals surface area contributed by atoms with Crippen LogP contribution in [-0.4, -0.2) is 23.3 Å². The third kappa shape index (κ3) is 3.02. The van der Waals surface area contributed by atoms with Gasteiger partial charge in [-0.1, -0.05) is 18.2 Å². The molecule has 0 saturated heterocycles. The summed E-state index contributed by atoms with van der Waals surface area (Å²) in [5, 5.41) is 18.8. The van der Waals surface area contributed by atoms with Gasteiger partial charge in [0.05, 0.1) is 19.1 Å². The highest BCUT2D eigenvalue weighted by atomic mass is 16.5. The zero-order valence-corrected chi connectivity index (χ0v) is 8.30. The van der Waals surface area contributed by atoms with Crippen molar-refractivity contribution in [3.8, 4) is 11.5 Å². The normalized spacial score (nSPS) is 10.5. The maximum Gasteiger partial charge on any atom is 0.309 e. The summed E-state index contributed by atoms with van der Waals surface area (Å²) in [6.07, 6.45) is 3.09. The number of benzene rings is 1. The summed E-state index contributed by atoms with van der Waals surface area (Å²) in [6, 6.07) is 4.44. The first-order valence-corrected chi connectivity index (χ1v) is 4.39. The van der Waals surface area contributed by atoms with Crippen LogP contribution in [0.2, 0.25) is 0 Å². The van der Waals surface area contributed by atoms with E-state index in [4.69, 9.17) is 0 Å². The number of methoxy groups -OCH3 is 1. The maximum absolute atomic E-state index is 10.8. The highest BCUT2D eigenvalue weighted by Crippen LogP contribution is 2.27. The molecule has 0 bridgehead atoms. The topological polar surface area (TPSA) is 66.8 Å². The third-order valence-electron chi connectivity index (χ3n) is 1.86. The molecule has 1 aromatic carbocycles. The summed E-state index contributed by atoms with van der Waals surface area (Å²) in [5.41, 5.74) is 0.293. The summed E-state index contributed by atoms with van der Waals surface area (Å²) in [7, 11) is 1.30. The van der Waals surface area contributed by atoms with E-state index < -0.39 is 0 Å². The molecule has 0 heterocycles. The molecule has 0 radical (unpaired) electrons. The SMILES string of the molecule is COC(=O)CC=Cc1c(O)cccc1O. The molecule has 4 heteroatoms. The van der Waals surface area contributed by atoms with Crippen molar-refractivity contribution >= 4 is 12.0 Å². The van der Waals surface area contributed by atoms with E-state index in [2.05, 4.69) is 4.74 Å². The first-order chi connectivity index (χ1) is 7.15. The van der Waals surface area contributed by atoms with E-state index in [9.17, 15) is 15.0 Å². The second-order valence-electron chi connectivity index (χ2n) is 2.89. The highest BCUT2D eigenvalue weighted by Gasteiger charge is 2.02. The molecule has 80 valence electrons. The average molecular weight is 208 g/mol. The summed E-state index contributed by atoms with van der Waals surface area (Å²) >= 11 is 0. The molecule has 0 atom stereocenters. The number of phenols is 2. The van der Waals surface area contributed by atoms with Gasteiger partial charge < -0.3 is 14.9 Å². The maximum atomic E-state index is 10.8. The smallest absolute Gasteiger partial charge is 0.309 e. The van der Waals surface area contributed by atoms with Gasteiger partial charge in [0.25, 0.3) is 0 Å². The quantitative estimate of drug-likeness (QED) is 0.741. The molecule has 15 heavy (non-hydrogen) atoms. The van der Waals surface area contributed by atoms with Crippen LogP contribution >= 0.6 is 0 Å². The molecular formula is C11H12O4. The van der Waals surface area contributed by atoms with Gasteiger partial charge in [-0.2, -0.15) is 0 Å². The van der Waals surface area contributed by atoms with Crippen molar-refractivity contribution in [3.05, 3.63) is 29.8 Å². The van der Waals surface area contributed by atoms with Gasteiger partial charge in [-0.15, -0.1) is 0 Å². The zero-order valence-electron chi connectivity index (χ0n) is 8.30. The minimum atomic E-state index is -0.374. The minimum Gasteiger partial charge on any atom is -0.507 e. The molecule has 0 fully saturated rings. The Morgan fingerprint density at radius 2 is 2.00 bits per heavy atom. The fourth-order valence-electron chi connectivity index (χ4n) is 1.07. The zero-order chi connectivity index (χ0) is 11.3. The number of phenolic OH excluding ortho intramolecular Hbond substituents is 2. The fourth-order valence-corrected chi connectivity index (χ4v) is 1.07. The lowest BCUT2D eigenvalue weighted by molar-refractivity contribution is -0.139. The summed E-state index contributed by atoms with van der Waals surface area (Å²) in [4.78, 5) is 10.8. The number of carbonyl (C=O) groups excluding carboxylic acids is 1. The predicted octanol–water partition coefficient (Wildman–Crippen LogP) is 1.67. The van der Waals surface area contributed by atoms with Gasteiger partial charge in [0.15, 0.2) is 0 Å². The van der Waals surface area contributed by atoms with Gasteiger partial charge in [-0.25, -0.2) is 0 Å². The van der Waals surface area contributed by atoms with Crippen LogP contribution in [0.25, 0.3) is 6.08 Å². The Morgan fingerprint density at radius 3 is 2.53 bits per heavy atom. The van der Waals surface area contributed by atoms with Crippen LogP contribution in [0, 0.1) is 0 Å². The minimum absolute atomic E-state index is 0.0314. The molecular weight excluding hydrogens is 196 g/mol. The second kappa shape index (κ2) is 5.05. The summed E-state index contributed by atoms with van der Waals surface area (Å²) < 4.78 is 4.43. The van der Waals surface area contributed by atoms with Gasteiger partial charge in [0, 0.05) is 0 Å². The third-order valence-corrected chi connectivity index (χ3v) is 1.86. The van der Waals surface area contributed by atoms with E-state index in [1.54, 1.807) is 0 Å². The highest BCUT2D eigenvalue weighted by molar-refractivity contribution is 5.73. The standard InChI is InChI=1S/C11H12O4/c1-15-11(14)7-2-4-8-9(12)5-3-6-10(8)13/h2-6,12-13H,7H2,1H3. The van der Waals surface area contributed by atoms with Crippen LogP contribution in [0.4, 0.5) is 0 Å². The number of aromatic hydroxyl groups is 2. The molecule has 0 aliphatic carbocycles. The van der Waals surface area contributed by atoms with Crippen molar-refractivity contribution in [2.45, 2.75) is 6.42 Å². The van der Waals surface area contributed by atoms with Crippen LogP contribution in [-0.2, 0) is 9.53 Å². The summed E-state index contributed by atoms with van der Waals surface area (Å²) in [6.45, 7) is 0. The lowest BCUT2D eigenvalue weighted by atomic mass is 10.1. The number of rotatable bonds is 3. The number of ether oxygens (including phenoxy) is 1. The molecule has 0 amide bonds. The molecule has 2 N–H and O–H groups in total. The number of hydrogen-bond donors (Lipinski definition) is 2. The van der Waals surface area contributed by atoms with Crippen molar-refractivity contribution in [1.29, 1.82) is 0 Å². The van der Waals surface area contributed by atoms with Crippen LogP contribution in [0.3, 0.4) is 0 Å². The molecule has 0 saturated carbocycles. The Balaban J connectivity index is 2.76. The predicted molar refractivity (Wildman–Crippen MR) is 55.4 cm³/mol. The van der Waals surface area contributed by atoms with Crippen LogP contribution < -0.4 is 0 Å². The van der Waals surface area contributed by atoms with E-state index in [1.807, 2.05) is 0 Å². The molecule has 0 aliphatic heterocycles. The Bertz CT molecular complexity index is 362. The molecule has 0 aliphatic rings. The van der Waals surface area contributed by atoms with Crippen LogP contribution in [0.5, 0.6) is 11.5 Å². The molecule has 0 aromatic heterocycles. The Hall–Kier alpha value is -1.97. The van der Waals surface area contributed by atoms with E-state index in [1.165, 1.54) is 37.5 Å². The second-order valence-corrected chi connectivity index (χ2v) is 2.89.